The predicted molar refractivity (Wildman–Crippen MR) is 48.1 cm³/mol. The van der Waals surface area contributed by atoms with E-state index in [1.54, 1.807) is 7.11 Å². The lowest BCUT2D eigenvalue weighted by Crippen LogP contribution is -2.41. The average molecular weight is 170 g/mol. The van der Waals surface area contributed by atoms with Crippen molar-refractivity contribution >= 4 is 6.29 Å². The quantitative estimate of drug-likeness (QED) is 0.607. The Morgan fingerprint density at radius 3 is 2.33 bits per heavy atom. The number of aldehydes is 1. The van der Waals surface area contributed by atoms with Crippen LogP contribution in [0, 0.1) is 5.92 Å². The number of rotatable bonds is 3. The first-order valence-electron chi connectivity index (χ1n) is 4.75. The van der Waals surface area contributed by atoms with Gasteiger partial charge < -0.3 is 9.53 Å². The Labute approximate surface area is 74.3 Å². The van der Waals surface area contributed by atoms with Crippen LogP contribution in [0.25, 0.3) is 0 Å². The van der Waals surface area contributed by atoms with Crippen molar-refractivity contribution in [3.05, 3.63) is 0 Å². The van der Waals surface area contributed by atoms with Gasteiger partial charge >= 0.3 is 0 Å². The molecule has 0 aromatic carbocycles. The Kier molecular flexibility index (Phi) is 3.27. The number of hydrogen-bond acceptors (Lipinski definition) is 2. The maximum absolute atomic E-state index is 10.7. The van der Waals surface area contributed by atoms with Crippen LogP contribution in [0.3, 0.4) is 0 Å². The minimum atomic E-state index is -0.139. The van der Waals surface area contributed by atoms with E-state index in [-0.39, 0.29) is 11.5 Å². The SMILES string of the molecule is COC1(C(C)C=O)CCCCC1. The minimum absolute atomic E-state index is 0.0443. The summed E-state index contributed by atoms with van der Waals surface area (Å²) in [5.41, 5.74) is -0.139. The molecule has 0 N–H and O–H groups in total. The summed E-state index contributed by atoms with van der Waals surface area (Å²) in [6.07, 6.45) is 6.80. The molecule has 1 fully saturated rings. The highest BCUT2D eigenvalue weighted by molar-refractivity contribution is 5.55. The monoisotopic (exact) mass is 170 g/mol. The summed E-state index contributed by atoms with van der Waals surface area (Å²) in [6, 6.07) is 0. The molecule has 0 aromatic heterocycles. The van der Waals surface area contributed by atoms with Gasteiger partial charge in [0, 0.05) is 13.0 Å². The van der Waals surface area contributed by atoms with E-state index in [2.05, 4.69) is 0 Å². The molecule has 0 saturated heterocycles. The molecule has 12 heavy (non-hydrogen) atoms. The Hall–Kier alpha value is -0.370. The molecule has 1 saturated carbocycles. The van der Waals surface area contributed by atoms with Gasteiger partial charge in [-0.25, -0.2) is 0 Å². The number of carbonyl (C=O) groups is 1. The second-order valence-electron chi connectivity index (χ2n) is 3.75. The first kappa shape index (κ1) is 9.72. The van der Waals surface area contributed by atoms with Crippen molar-refractivity contribution in [3.8, 4) is 0 Å². The van der Waals surface area contributed by atoms with E-state index >= 15 is 0 Å². The highest BCUT2D eigenvalue weighted by atomic mass is 16.5. The van der Waals surface area contributed by atoms with Gasteiger partial charge in [0.1, 0.15) is 6.29 Å². The van der Waals surface area contributed by atoms with Crippen LogP contribution in [0.5, 0.6) is 0 Å². The molecule has 2 heteroatoms. The van der Waals surface area contributed by atoms with Crippen LogP contribution >= 0.6 is 0 Å². The fraction of sp³-hybridized carbons (Fsp3) is 0.900. The Balaban J connectivity index is 2.65. The summed E-state index contributed by atoms with van der Waals surface area (Å²) in [7, 11) is 1.73. The van der Waals surface area contributed by atoms with Crippen LogP contribution in [0.1, 0.15) is 39.0 Å². The van der Waals surface area contributed by atoms with Crippen LogP contribution in [-0.4, -0.2) is 19.0 Å². The molecule has 1 aliphatic rings. The summed E-state index contributed by atoms with van der Waals surface area (Å²) in [6.45, 7) is 1.96. The fourth-order valence-electron chi connectivity index (χ4n) is 2.12. The zero-order valence-electron chi connectivity index (χ0n) is 8.01. The summed E-state index contributed by atoms with van der Waals surface area (Å²) < 4.78 is 5.50. The molecule has 1 unspecified atom stereocenters. The first-order chi connectivity index (χ1) is 5.75. The molecule has 0 amide bonds. The van der Waals surface area contributed by atoms with Gasteiger partial charge in [0.15, 0.2) is 0 Å². The molecule has 1 aliphatic carbocycles. The molecule has 0 aliphatic heterocycles. The molecule has 1 rings (SSSR count). The number of methoxy groups -OCH3 is 1. The third kappa shape index (κ3) is 1.69. The lowest BCUT2D eigenvalue weighted by atomic mass is 9.77. The molecule has 0 aromatic rings. The van der Waals surface area contributed by atoms with Gasteiger partial charge in [-0.05, 0) is 12.8 Å². The Bertz CT molecular complexity index is 148. The van der Waals surface area contributed by atoms with E-state index in [1.807, 2.05) is 6.92 Å². The summed E-state index contributed by atoms with van der Waals surface area (Å²) in [5, 5.41) is 0. The molecule has 0 heterocycles. The van der Waals surface area contributed by atoms with Crippen LogP contribution < -0.4 is 0 Å². The molecule has 0 bridgehead atoms. The first-order valence-corrected chi connectivity index (χ1v) is 4.75. The van der Waals surface area contributed by atoms with E-state index < -0.39 is 0 Å². The maximum atomic E-state index is 10.7. The van der Waals surface area contributed by atoms with Crippen molar-refractivity contribution in [2.24, 2.45) is 5.92 Å². The van der Waals surface area contributed by atoms with Gasteiger partial charge in [-0.2, -0.15) is 0 Å². The van der Waals surface area contributed by atoms with Gasteiger partial charge in [-0.1, -0.05) is 26.2 Å². The van der Waals surface area contributed by atoms with Crippen molar-refractivity contribution < 1.29 is 9.53 Å². The van der Waals surface area contributed by atoms with Crippen molar-refractivity contribution in [2.75, 3.05) is 7.11 Å². The maximum Gasteiger partial charge on any atom is 0.125 e. The van der Waals surface area contributed by atoms with Crippen molar-refractivity contribution in [3.63, 3.8) is 0 Å². The van der Waals surface area contributed by atoms with Gasteiger partial charge in [0.05, 0.1) is 5.60 Å². The minimum Gasteiger partial charge on any atom is -0.378 e. The van der Waals surface area contributed by atoms with E-state index in [0.717, 1.165) is 19.1 Å². The lowest BCUT2D eigenvalue weighted by Gasteiger charge is -2.38. The zero-order valence-corrected chi connectivity index (χ0v) is 8.01. The van der Waals surface area contributed by atoms with E-state index in [1.165, 1.54) is 19.3 Å². The van der Waals surface area contributed by atoms with E-state index in [4.69, 9.17) is 4.74 Å². The summed E-state index contributed by atoms with van der Waals surface area (Å²) in [4.78, 5) is 10.7. The smallest absolute Gasteiger partial charge is 0.125 e. The van der Waals surface area contributed by atoms with E-state index in [0.29, 0.717) is 0 Å². The number of hydrogen-bond donors (Lipinski definition) is 0. The molecule has 70 valence electrons. The molecule has 0 spiro atoms. The Morgan fingerprint density at radius 1 is 1.33 bits per heavy atom. The molecule has 0 radical (unpaired) electrons. The van der Waals surface area contributed by atoms with Gasteiger partial charge in [0.25, 0.3) is 0 Å². The van der Waals surface area contributed by atoms with Crippen LogP contribution in [0.2, 0.25) is 0 Å². The van der Waals surface area contributed by atoms with Crippen LogP contribution in [-0.2, 0) is 9.53 Å². The van der Waals surface area contributed by atoms with Gasteiger partial charge in [0.2, 0.25) is 0 Å². The normalized spacial score (nSPS) is 24.8. The molecular formula is C10H18O2. The van der Waals surface area contributed by atoms with Crippen molar-refractivity contribution in [2.45, 2.75) is 44.6 Å². The van der Waals surface area contributed by atoms with Gasteiger partial charge in [-0.15, -0.1) is 0 Å². The van der Waals surface area contributed by atoms with Crippen molar-refractivity contribution in [1.82, 2.24) is 0 Å². The topological polar surface area (TPSA) is 26.3 Å². The largest absolute Gasteiger partial charge is 0.378 e. The number of ether oxygens (including phenoxy) is 1. The lowest BCUT2D eigenvalue weighted by molar-refractivity contribution is -0.126. The highest BCUT2D eigenvalue weighted by Crippen LogP contribution is 2.36. The number of carbonyl (C=O) groups excluding carboxylic acids is 1. The van der Waals surface area contributed by atoms with Gasteiger partial charge in [-0.3, -0.25) is 0 Å². The third-order valence-electron chi connectivity index (χ3n) is 3.14. The highest BCUT2D eigenvalue weighted by Gasteiger charge is 2.37. The standard InChI is InChI=1S/C10H18O2/c1-9(8-11)10(12-2)6-4-3-5-7-10/h8-9H,3-7H2,1-2H3. The summed E-state index contributed by atoms with van der Waals surface area (Å²) >= 11 is 0. The third-order valence-corrected chi connectivity index (χ3v) is 3.14. The second kappa shape index (κ2) is 4.04. The summed E-state index contributed by atoms with van der Waals surface area (Å²) in [5.74, 6) is 0.0443. The second-order valence-corrected chi connectivity index (χ2v) is 3.75. The van der Waals surface area contributed by atoms with E-state index in [9.17, 15) is 4.79 Å². The van der Waals surface area contributed by atoms with Crippen LogP contribution in [0.4, 0.5) is 0 Å². The van der Waals surface area contributed by atoms with Crippen LogP contribution in [0.15, 0.2) is 0 Å². The zero-order chi connectivity index (χ0) is 9.03. The Morgan fingerprint density at radius 2 is 1.92 bits per heavy atom. The van der Waals surface area contributed by atoms with Crippen molar-refractivity contribution in [1.29, 1.82) is 0 Å². The fourth-order valence-corrected chi connectivity index (χ4v) is 2.12. The molecule has 1 atom stereocenters. The average Bonchev–Trinajstić information content (AvgIpc) is 2.17. The molecule has 2 nitrogen and oxygen atoms in total. The molecular weight excluding hydrogens is 152 g/mol. The predicted octanol–water partition coefficient (Wildman–Crippen LogP) is 2.17.